The number of rotatable bonds is 6. The van der Waals surface area contributed by atoms with Crippen molar-refractivity contribution in [1.82, 2.24) is 14.9 Å². The van der Waals surface area contributed by atoms with E-state index in [-0.39, 0.29) is 0 Å². The monoisotopic (exact) mass is 271 g/mol. The van der Waals surface area contributed by atoms with Crippen LogP contribution >= 0.6 is 0 Å². The Kier molecular flexibility index (Phi) is 3.74. The smallest absolute Gasteiger partial charge is 0.119 e. The van der Waals surface area contributed by atoms with Gasteiger partial charge in [0.05, 0.1) is 7.11 Å². The fourth-order valence-corrected chi connectivity index (χ4v) is 2.35. The summed E-state index contributed by atoms with van der Waals surface area (Å²) in [5.74, 6) is 2.00. The topological polar surface area (TPSA) is 39.1 Å². The summed E-state index contributed by atoms with van der Waals surface area (Å²) >= 11 is 0. The fraction of sp³-hybridized carbons (Fsp3) is 0.438. The highest BCUT2D eigenvalue weighted by Crippen LogP contribution is 2.23. The number of aromatic nitrogens is 2. The second-order valence-electron chi connectivity index (χ2n) is 5.42. The van der Waals surface area contributed by atoms with Crippen LogP contribution in [0.2, 0.25) is 0 Å². The van der Waals surface area contributed by atoms with Gasteiger partial charge >= 0.3 is 0 Å². The third kappa shape index (κ3) is 3.02. The molecule has 1 aliphatic rings. The summed E-state index contributed by atoms with van der Waals surface area (Å²) in [7, 11) is 3.75. The van der Waals surface area contributed by atoms with E-state index in [9.17, 15) is 0 Å². The first-order valence-electron chi connectivity index (χ1n) is 7.11. The van der Waals surface area contributed by atoms with Crippen molar-refractivity contribution < 1.29 is 4.74 Å². The van der Waals surface area contributed by atoms with Crippen LogP contribution in [-0.2, 0) is 20.0 Å². The van der Waals surface area contributed by atoms with E-state index in [1.165, 1.54) is 24.0 Å². The van der Waals surface area contributed by atoms with Crippen LogP contribution in [0.3, 0.4) is 0 Å². The van der Waals surface area contributed by atoms with Gasteiger partial charge in [0, 0.05) is 38.4 Å². The molecule has 0 radical (unpaired) electrons. The maximum Gasteiger partial charge on any atom is 0.119 e. The fourth-order valence-electron chi connectivity index (χ4n) is 2.35. The number of aryl methyl sites for hydroxylation is 1. The average molecular weight is 271 g/mol. The Labute approximate surface area is 119 Å². The number of hydrogen-bond acceptors (Lipinski definition) is 3. The van der Waals surface area contributed by atoms with Crippen molar-refractivity contribution in [2.45, 2.75) is 31.8 Å². The Morgan fingerprint density at radius 3 is 2.85 bits per heavy atom. The lowest BCUT2D eigenvalue weighted by Gasteiger charge is -2.12. The summed E-state index contributed by atoms with van der Waals surface area (Å²) < 4.78 is 7.41. The Hall–Kier alpha value is -1.81. The van der Waals surface area contributed by atoms with Crippen molar-refractivity contribution in [3.05, 3.63) is 47.5 Å². The van der Waals surface area contributed by atoms with Gasteiger partial charge in [-0.15, -0.1) is 0 Å². The number of benzene rings is 1. The Balaban J connectivity index is 1.81. The van der Waals surface area contributed by atoms with Crippen molar-refractivity contribution in [2.75, 3.05) is 7.11 Å². The van der Waals surface area contributed by atoms with E-state index in [1.54, 1.807) is 7.11 Å². The number of ether oxygens (including phenoxy) is 1. The summed E-state index contributed by atoms with van der Waals surface area (Å²) in [5, 5.41) is 3.58. The molecule has 0 unspecified atom stereocenters. The lowest BCUT2D eigenvalue weighted by molar-refractivity contribution is 0.414. The highest BCUT2D eigenvalue weighted by atomic mass is 16.5. The third-order valence-electron chi connectivity index (χ3n) is 3.84. The quantitative estimate of drug-likeness (QED) is 0.876. The molecule has 4 heteroatoms. The van der Waals surface area contributed by atoms with Crippen molar-refractivity contribution >= 4 is 0 Å². The third-order valence-corrected chi connectivity index (χ3v) is 3.84. The molecule has 1 aromatic carbocycles. The molecule has 1 saturated carbocycles. The van der Waals surface area contributed by atoms with Gasteiger partial charge in [-0.1, -0.05) is 6.07 Å². The molecule has 0 amide bonds. The minimum atomic E-state index is 0.710. The van der Waals surface area contributed by atoms with Crippen LogP contribution in [0.15, 0.2) is 30.6 Å². The second-order valence-corrected chi connectivity index (χ2v) is 5.42. The molecule has 20 heavy (non-hydrogen) atoms. The zero-order valence-electron chi connectivity index (χ0n) is 12.1. The summed E-state index contributed by atoms with van der Waals surface area (Å²) in [4.78, 5) is 4.41. The van der Waals surface area contributed by atoms with Crippen molar-refractivity contribution in [1.29, 1.82) is 0 Å². The number of methoxy groups -OCH3 is 1. The molecule has 1 aromatic heterocycles. The van der Waals surface area contributed by atoms with Gasteiger partial charge in [-0.05, 0) is 36.1 Å². The predicted molar refractivity (Wildman–Crippen MR) is 78.9 cm³/mol. The van der Waals surface area contributed by atoms with E-state index in [0.717, 1.165) is 24.5 Å². The molecular weight excluding hydrogens is 250 g/mol. The van der Waals surface area contributed by atoms with Crippen LogP contribution < -0.4 is 10.1 Å². The zero-order valence-corrected chi connectivity index (χ0v) is 12.1. The van der Waals surface area contributed by atoms with Gasteiger partial charge in [-0.25, -0.2) is 4.98 Å². The van der Waals surface area contributed by atoms with Crippen molar-refractivity contribution in [3.8, 4) is 5.75 Å². The maximum absolute atomic E-state index is 5.34. The minimum absolute atomic E-state index is 0.710. The first-order valence-corrected chi connectivity index (χ1v) is 7.11. The number of hydrogen-bond donors (Lipinski definition) is 1. The highest BCUT2D eigenvalue weighted by molar-refractivity contribution is 5.37. The summed E-state index contributed by atoms with van der Waals surface area (Å²) in [6.07, 6.45) is 7.30. The molecule has 1 aliphatic carbocycles. The van der Waals surface area contributed by atoms with Crippen LogP contribution in [0.4, 0.5) is 0 Å². The van der Waals surface area contributed by atoms with Gasteiger partial charge in [-0.3, -0.25) is 0 Å². The molecule has 2 aromatic rings. The van der Waals surface area contributed by atoms with Gasteiger partial charge in [0.25, 0.3) is 0 Å². The molecule has 4 nitrogen and oxygen atoms in total. The lowest BCUT2D eigenvalue weighted by Crippen LogP contribution is -2.17. The van der Waals surface area contributed by atoms with Crippen molar-refractivity contribution in [2.24, 2.45) is 7.05 Å². The normalized spacial score (nSPS) is 14.5. The SMILES string of the molecule is COc1ccc(Cc2nccn2C)c(CNC2CC2)c1. The molecule has 3 rings (SSSR count). The summed E-state index contributed by atoms with van der Waals surface area (Å²) in [6, 6.07) is 7.02. The van der Waals surface area contributed by atoms with Gasteiger partial charge in [0.2, 0.25) is 0 Å². The molecule has 1 fully saturated rings. The predicted octanol–water partition coefficient (Wildman–Crippen LogP) is 2.27. The second kappa shape index (κ2) is 5.67. The molecule has 1 heterocycles. The number of nitrogens with one attached hydrogen (secondary N) is 1. The van der Waals surface area contributed by atoms with E-state index in [2.05, 4.69) is 27.0 Å². The zero-order chi connectivity index (χ0) is 13.9. The lowest BCUT2D eigenvalue weighted by atomic mass is 10.0. The Morgan fingerprint density at radius 1 is 1.35 bits per heavy atom. The Morgan fingerprint density at radius 2 is 2.20 bits per heavy atom. The van der Waals surface area contributed by atoms with Crippen LogP contribution in [0.5, 0.6) is 5.75 Å². The molecule has 106 valence electrons. The number of imidazole rings is 1. The molecule has 1 N–H and O–H groups in total. The van der Waals surface area contributed by atoms with Gasteiger partial charge in [0.1, 0.15) is 11.6 Å². The summed E-state index contributed by atoms with van der Waals surface area (Å²) in [6.45, 7) is 0.904. The molecule has 0 spiro atoms. The largest absolute Gasteiger partial charge is 0.497 e. The van der Waals surface area contributed by atoms with E-state index in [1.807, 2.05) is 25.5 Å². The maximum atomic E-state index is 5.34. The summed E-state index contributed by atoms with van der Waals surface area (Å²) in [5.41, 5.74) is 2.62. The van der Waals surface area contributed by atoms with Gasteiger partial charge in [-0.2, -0.15) is 0 Å². The van der Waals surface area contributed by atoms with Crippen LogP contribution in [-0.4, -0.2) is 22.7 Å². The van der Waals surface area contributed by atoms with Crippen LogP contribution in [0, 0.1) is 0 Å². The van der Waals surface area contributed by atoms with E-state index in [0.29, 0.717) is 6.04 Å². The van der Waals surface area contributed by atoms with Crippen LogP contribution in [0.1, 0.15) is 29.8 Å². The van der Waals surface area contributed by atoms with E-state index < -0.39 is 0 Å². The molecule has 0 saturated heterocycles. The molecule has 0 bridgehead atoms. The molecular formula is C16H21N3O. The highest BCUT2D eigenvalue weighted by Gasteiger charge is 2.20. The first-order chi connectivity index (χ1) is 9.76. The van der Waals surface area contributed by atoms with Gasteiger partial charge < -0.3 is 14.6 Å². The van der Waals surface area contributed by atoms with E-state index >= 15 is 0 Å². The number of nitrogens with zero attached hydrogens (tertiary/aromatic N) is 2. The molecule has 0 atom stereocenters. The van der Waals surface area contributed by atoms with E-state index in [4.69, 9.17) is 4.74 Å². The molecule has 0 aliphatic heterocycles. The Bertz CT molecular complexity index is 587. The average Bonchev–Trinajstić information content (AvgIpc) is 3.21. The van der Waals surface area contributed by atoms with Gasteiger partial charge in [0.15, 0.2) is 0 Å². The van der Waals surface area contributed by atoms with Crippen molar-refractivity contribution in [3.63, 3.8) is 0 Å². The standard InChI is InChI=1S/C16H21N3O/c1-19-8-7-17-16(19)10-12-3-6-15(20-2)9-13(12)11-18-14-4-5-14/h3,6-9,14,18H,4-5,10-11H2,1-2H3. The van der Waals surface area contributed by atoms with Crippen LogP contribution in [0.25, 0.3) is 0 Å². The minimum Gasteiger partial charge on any atom is -0.497 e. The first kappa shape index (κ1) is 13.2.